The summed E-state index contributed by atoms with van der Waals surface area (Å²) in [5, 5.41) is 15.3. The van der Waals surface area contributed by atoms with Crippen molar-refractivity contribution in [1.82, 2.24) is 15.5 Å². The Bertz CT molecular complexity index is 793. The fourth-order valence-corrected chi connectivity index (χ4v) is 4.57. The van der Waals surface area contributed by atoms with E-state index < -0.39 is 29.5 Å². The molecule has 2 aliphatic rings. The largest absolute Gasteiger partial charge is 0.382 e. The van der Waals surface area contributed by atoms with Crippen LogP contribution in [0.25, 0.3) is 0 Å². The van der Waals surface area contributed by atoms with Crippen LogP contribution >= 0.6 is 11.6 Å². The second-order valence-corrected chi connectivity index (χ2v) is 8.53. The third-order valence-electron chi connectivity index (χ3n) is 5.70. The van der Waals surface area contributed by atoms with E-state index in [0.29, 0.717) is 30.3 Å². The molecule has 0 aromatic heterocycles. The molecule has 0 aliphatic carbocycles. The lowest BCUT2D eigenvalue weighted by Crippen LogP contribution is -2.57. The van der Waals surface area contributed by atoms with E-state index in [-0.39, 0.29) is 25.0 Å². The van der Waals surface area contributed by atoms with E-state index in [1.54, 1.807) is 17.9 Å². The van der Waals surface area contributed by atoms with Crippen LogP contribution in [-0.4, -0.2) is 73.1 Å². The summed E-state index contributed by atoms with van der Waals surface area (Å²) >= 11 is 5.98. The molecule has 1 aromatic rings. The quantitative estimate of drug-likeness (QED) is 0.606. The molecule has 2 saturated heterocycles. The van der Waals surface area contributed by atoms with Gasteiger partial charge in [0.2, 0.25) is 11.8 Å². The van der Waals surface area contributed by atoms with Gasteiger partial charge in [0.05, 0.1) is 6.61 Å². The minimum atomic E-state index is -1.17. The Morgan fingerprint density at radius 1 is 1.43 bits per heavy atom. The van der Waals surface area contributed by atoms with Gasteiger partial charge in [-0.1, -0.05) is 18.5 Å². The van der Waals surface area contributed by atoms with Crippen molar-refractivity contribution in [2.45, 2.75) is 38.2 Å². The molecule has 2 aliphatic heterocycles. The topological polar surface area (TPSA) is 94.1 Å². The van der Waals surface area contributed by atoms with Gasteiger partial charge in [0.1, 0.15) is 11.4 Å². The minimum Gasteiger partial charge on any atom is -0.382 e. The number of carbonyl (C=O) groups is 2. The number of aliphatic hydroxyl groups is 1. The Morgan fingerprint density at radius 2 is 2.17 bits per heavy atom. The highest BCUT2D eigenvalue weighted by Gasteiger charge is 2.48. The summed E-state index contributed by atoms with van der Waals surface area (Å²) in [7, 11) is 1.47. The van der Waals surface area contributed by atoms with Crippen molar-refractivity contribution in [3.8, 4) is 0 Å². The van der Waals surface area contributed by atoms with Gasteiger partial charge in [0.15, 0.2) is 6.35 Å². The van der Waals surface area contributed by atoms with E-state index in [1.165, 1.54) is 19.2 Å². The number of hydrogen-bond donors (Lipinski definition) is 3. The van der Waals surface area contributed by atoms with Crippen LogP contribution in [0, 0.1) is 11.7 Å². The van der Waals surface area contributed by atoms with E-state index in [0.717, 1.165) is 0 Å². The molecule has 3 unspecified atom stereocenters. The zero-order valence-electron chi connectivity index (χ0n) is 17.3. The van der Waals surface area contributed by atoms with Gasteiger partial charge in [0, 0.05) is 49.4 Å². The lowest BCUT2D eigenvalue weighted by Gasteiger charge is -2.42. The molecule has 0 saturated carbocycles. The molecular formula is C20H28ClFN4O4. The second-order valence-electron chi connectivity index (χ2n) is 8.09. The molecule has 0 spiro atoms. The van der Waals surface area contributed by atoms with E-state index in [9.17, 15) is 19.1 Å². The molecule has 8 nitrogen and oxygen atoms in total. The first kappa shape index (κ1) is 22.7. The molecule has 3 N–H and O–H groups in total. The first-order valence-electron chi connectivity index (χ1n) is 9.92. The molecule has 3 rings (SSSR count). The van der Waals surface area contributed by atoms with Crippen molar-refractivity contribution in [2.75, 3.05) is 38.3 Å². The maximum Gasteiger partial charge on any atom is 0.245 e. The highest BCUT2D eigenvalue weighted by Crippen LogP contribution is 2.28. The molecule has 30 heavy (non-hydrogen) atoms. The predicted molar refractivity (Wildman–Crippen MR) is 110 cm³/mol. The zero-order chi connectivity index (χ0) is 22.1. The normalized spacial score (nSPS) is 27.9. The molecule has 0 bridgehead atoms. The Kier molecular flexibility index (Phi) is 6.86. The van der Waals surface area contributed by atoms with E-state index in [2.05, 4.69) is 10.6 Å². The lowest BCUT2D eigenvalue weighted by atomic mass is 9.87. The van der Waals surface area contributed by atoms with E-state index >= 15 is 0 Å². The van der Waals surface area contributed by atoms with Crippen molar-refractivity contribution in [3.63, 3.8) is 0 Å². The summed E-state index contributed by atoms with van der Waals surface area (Å²) < 4.78 is 18.9. The number of halogens is 2. The molecule has 0 radical (unpaired) electrons. The van der Waals surface area contributed by atoms with Crippen molar-refractivity contribution < 1.29 is 23.8 Å². The number of rotatable bonds is 6. The first-order valence-corrected chi connectivity index (χ1v) is 10.3. The molecule has 10 heteroatoms. The molecule has 2 amide bonds. The minimum absolute atomic E-state index is 0.0320. The monoisotopic (exact) mass is 442 g/mol. The van der Waals surface area contributed by atoms with Gasteiger partial charge in [-0.05, 0) is 31.5 Å². The number of amides is 2. The smallest absolute Gasteiger partial charge is 0.245 e. The maximum absolute atomic E-state index is 13.7. The summed E-state index contributed by atoms with van der Waals surface area (Å²) in [5.74, 6) is -1.33. The molecule has 2 heterocycles. The van der Waals surface area contributed by atoms with E-state index in [4.69, 9.17) is 16.3 Å². The molecule has 1 aromatic carbocycles. The highest BCUT2D eigenvalue weighted by atomic mass is 35.5. The van der Waals surface area contributed by atoms with Gasteiger partial charge in [-0.15, -0.1) is 0 Å². The Balaban J connectivity index is 1.65. The molecule has 166 valence electrons. The van der Waals surface area contributed by atoms with E-state index in [1.807, 2.05) is 11.8 Å². The van der Waals surface area contributed by atoms with Crippen LogP contribution in [-0.2, 0) is 14.3 Å². The average molecular weight is 443 g/mol. The van der Waals surface area contributed by atoms with Gasteiger partial charge in [-0.2, -0.15) is 0 Å². The Labute approximate surface area is 180 Å². The van der Waals surface area contributed by atoms with Crippen LogP contribution < -0.4 is 15.5 Å². The number of aliphatic hydroxyl groups excluding tert-OH is 1. The molecular weight excluding hydrogens is 415 g/mol. The number of carbonyl (C=O) groups excluding carboxylic acids is 2. The SMILES string of the molecule is COCC1(CC(C)C(=O)N2CCN(c3cc(F)cc(Cl)c3)[C@@H](C)C2)NC(O)NC1=O. The van der Waals surface area contributed by atoms with Gasteiger partial charge in [-0.25, -0.2) is 4.39 Å². The number of methoxy groups -OCH3 is 1. The maximum atomic E-state index is 13.7. The predicted octanol–water partition coefficient (Wildman–Crippen LogP) is 0.923. The zero-order valence-corrected chi connectivity index (χ0v) is 18.1. The van der Waals surface area contributed by atoms with Crippen LogP contribution in [0.2, 0.25) is 5.02 Å². The first-order chi connectivity index (χ1) is 14.1. The second kappa shape index (κ2) is 9.05. The lowest BCUT2D eigenvalue weighted by molar-refractivity contribution is -0.137. The Morgan fingerprint density at radius 3 is 2.73 bits per heavy atom. The third-order valence-corrected chi connectivity index (χ3v) is 5.92. The highest BCUT2D eigenvalue weighted by molar-refractivity contribution is 6.30. The molecule has 2 fully saturated rings. The third kappa shape index (κ3) is 4.69. The van der Waals surface area contributed by atoms with Crippen molar-refractivity contribution in [1.29, 1.82) is 0 Å². The van der Waals surface area contributed by atoms with Crippen LogP contribution in [0.4, 0.5) is 10.1 Å². The van der Waals surface area contributed by atoms with Gasteiger partial charge in [-0.3, -0.25) is 14.9 Å². The fraction of sp³-hybridized carbons (Fsp3) is 0.600. The van der Waals surface area contributed by atoms with Gasteiger partial charge < -0.3 is 25.0 Å². The van der Waals surface area contributed by atoms with Crippen molar-refractivity contribution >= 4 is 29.1 Å². The van der Waals surface area contributed by atoms with Crippen molar-refractivity contribution in [3.05, 3.63) is 29.0 Å². The Hall–Kier alpha value is -1.94. The summed E-state index contributed by atoms with van der Waals surface area (Å²) in [5.41, 5.74) is -0.470. The fourth-order valence-electron chi connectivity index (χ4n) is 4.36. The summed E-state index contributed by atoms with van der Waals surface area (Å²) in [6.07, 6.45) is -0.979. The number of ether oxygens (including phenoxy) is 1. The number of nitrogens with one attached hydrogen (secondary N) is 2. The van der Waals surface area contributed by atoms with Crippen LogP contribution in [0.5, 0.6) is 0 Å². The number of anilines is 1. The van der Waals surface area contributed by atoms with Crippen LogP contribution in [0.3, 0.4) is 0 Å². The number of nitrogens with zero attached hydrogens (tertiary/aromatic N) is 2. The number of benzene rings is 1. The van der Waals surface area contributed by atoms with Gasteiger partial charge in [0.25, 0.3) is 0 Å². The summed E-state index contributed by atoms with van der Waals surface area (Å²) in [6.45, 7) is 5.26. The number of hydrogen-bond acceptors (Lipinski definition) is 6. The van der Waals surface area contributed by atoms with Gasteiger partial charge >= 0.3 is 0 Å². The van der Waals surface area contributed by atoms with Crippen LogP contribution in [0.1, 0.15) is 20.3 Å². The summed E-state index contributed by atoms with van der Waals surface area (Å²) in [4.78, 5) is 29.2. The number of piperazine rings is 1. The molecule has 4 atom stereocenters. The summed E-state index contributed by atoms with van der Waals surface area (Å²) in [6, 6.07) is 4.38. The van der Waals surface area contributed by atoms with Crippen LogP contribution in [0.15, 0.2) is 18.2 Å². The van der Waals surface area contributed by atoms with Crippen molar-refractivity contribution in [2.24, 2.45) is 5.92 Å². The average Bonchev–Trinajstić information content (AvgIpc) is 2.93. The standard InChI is InChI=1S/C20H28ClFN4O4/c1-12(9-20(11-30-3)18(28)23-19(29)24-20)17(27)25-4-5-26(13(2)10-25)16-7-14(21)6-15(22)8-16/h6-8,12-13,19,24,29H,4-5,9-11H2,1-3H3,(H,23,28)/t12?,13-,19?,20?/m0/s1.